The molecule has 1 aromatic rings. The van der Waals surface area contributed by atoms with Gasteiger partial charge in [0.1, 0.15) is 5.69 Å². The number of rotatable bonds is 4. The summed E-state index contributed by atoms with van der Waals surface area (Å²) in [6, 6.07) is 4.16. The van der Waals surface area contributed by atoms with E-state index in [1.54, 1.807) is 12.3 Å². The molecule has 0 N–H and O–H groups in total. The molecule has 1 aromatic heterocycles. The summed E-state index contributed by atoms with van der Waals surface area (Å²) in [5.41, 5.74) is 0.570. The highest BCUT2D eigenvalue weighted by Gasteiger charge is 2.37. The van der Waals surface area contributed by atoms with Gasteiger partial charge < -0.3 is 4.90 Å². The lowest BCUT2D eigenvalue weighted by atomic mass is 10.2. The highest BCUT2D eigenvalue weighted by Crippen LogP contribution is 2.35. The van der Waals surface area contributed by atoms with E-state index < -0.39 is 0 Å². The van der Waals surface area contributed by atoms with Crippen LogP contribution in [-0.2, 0) is 0 Å². The van der Waals surface area contributed by atoms with Crippen molar-refractivity contribution in [3.05, 3.63) is 28.5 Å². The Morgan fingerprint density at radius 3 is 2.65 bits per heavy atom. The zero-order chi connectivity index (χ0) is 11.8. The third kappa shape index (κ3) is 2.68. The summed E-state index contributed by atoms with van der Waals surface area (Å²) in [6.45, 7) is 0.932. The SMILES string of the molecule is O=C(c1ccc(Br)cn1)N(CC1CC1)C1CC1. The number of pyridine rings is 1. The third-order valence-corrected chi connectivity index (χ3v) is 3.82. The molecule has 90 valence electrons. The van der Waals surface area contributed by atoms with Crippen LogP contribution in [0.15, 0.2) is 22.8 Å². The van der Waals surface area contributed by atoms with Crippen LogP contribution in [0.5, 0.6) is 0 Å². The van der Waals surface area contributed by atoms with Crippen molar-refractivity contribution in [3.63, 3.8) is 0 Å². The molecule has 2 aliphatic rings. The number of nitrogens with zero attached hydrogens (tertiary/aromatic N) is 2. The fourth-order valence-electron chi connectivity index (χ4n) is 2.01. The van der Waals surface area contributed by atoms with Gasteiger partial charge in [0.2, 0.25) is 0 Å². The van der Waals surface area contributed by atoms with Gasteiger partial charge in [0, 0.05) is 23.3 Å². The first-order valence-corrected chi connectivity index (χ1v) is 6.96. The molecular formula is C13H15BrN2O. The average Bonchev–Trinajstić information content (AvgIpc) is 3.18. The van der Waals surface area contributed by atoms with Crippen molar-refractivity contribution in [2.45, 2.75) is 31.7 Å². The summed E-state index contributed by atoms with van der Waals surface area (Å²) in [7, 11) is 0. The second-order valence-electron chi connectivity index (χ2n) is 4.99. The van der Waals surface area contributed by atoms with E-state index in [0.717, 1.165) is 29.8 Å². The number of halogens is 1. The van der Waals surface area contributed by atoms with Crippen LogP contribution in [0.4, 0.5) is 0 Å². The van der Waals surface area contributed by atoms with Gasteiger partial charge in [-0.3, -0.25) is 4.79 Å². The smallest absolute Gasteiger partial charge is 0.272 e. The van der Waals surface area contributed by atoms with E-state index in [9.17, 15) is 4.79 Å². The zero-order valence-electron chi connectivity index (χ0n) is 9.60. The first kappa shape index (κ1) is 11.2. The van der Waals surface area contributed by atoms with Crippen LogP contribution < -0.4 is 0 Å². The van der Waals surface area contributed by atoms with Gasteiger partial charge in [0.05, 0.1) is 0 Å². The van der Waals surface area contributed by atoms with Gasteiger partial charge in [-0.05, 0) is 59.7 Å². The number of hydrogen-bond acceptors (Lipinski definition) is 2. The fraction of sp³-hybridized carbons (Fsp3) is 0.538. The molecule has 0 aliphatic heterocycles. The molecule has 2 saturated carbocycles. The maximum atomic E-state index is 12.3. The van der Waals surface area contributed by atoms with Crippen LogP contribution in [0, 0.1) is 5.92 Å². The lowest BCUT2D eigenvalue weighted by Crippen LogP contribution is -2.35. The van der Waals surface area contributed by atoms with Crippen LogP contribution in [0.3, 0.4) is 0 Å². The van der Waals surface area contributed by atoms with E-state index in [1.165, 1.54) is 12.8 Å². The molecule has 1 heterocycles. The average molecular weight is 295 g/mol. The first-order valence-electron chi connectivity index (χ1n) is 6.16. The molecule has 0 aromatic carbocycles. The maximum absolute atomic E-state index is 12.3. The number of amides is 1. The minimum Gasteiger partial charge on any atom is -0.334 e. The molecule has 2 aliphatic carbocycles. The number of carbonyl (C=O) groups excluding carboxylic acids is 1. The van der Waals surface area contributed by atoms with Crippen LogP contribution in [0.2, 0.25) is 0 Å². The molecule has 0 radical (unpaired) electrons. The van der Waals surface area contributed by atoms with Crippen LogP contribution in [0.25, 0.3) is 0 Å². The zero-order valence-corrected chi connectivity index (χ0v) is 11.2. The summed E-state index contributed by atoms with van der Waals surface area (Å²) in [4.78, 5) is 18.6. The van der Waals surface area contributed by atoms with Gasteiger partial charge in [-0.15, -0.1) is 0 Å². The number of hydrogen-bond donors (Lipinski definition) is 0. The highest BCUT2D eigenvalue weighted by atomic mass is 79.9. The molecule has 0 saturated heterocycles. The third-order valence-electron chi connectivity index (χ3n) is 3.35. The maximum Gasteiger partial charge on any atom is 0.272 e. The van der Waals surface area contributed by atoms with Crippen molar-refractivity contribution in [1.82, 2.24) is 9.88 Å². The van der Waals surface area contributed by atoms with Crippen LogP contribution in [-0.4, -0.2) is 28.4 Å². The predicted octanol–water partition coefficient (Wildman–Crippen LogP) is 2.86. The van der Waals surface area contributed by atoms with E-state index in [2.05, 4.69) is 20.9 Å². The molecule has 17 heavy (non-hydrogen) atoms. The van der Waals surface area contributed by atoms with Crippen molar-refractivity contribution in [2.75, 3.05) is 6.54 Å². The Morgan fingerprint density at radius 1 is 1.35 bits per heavy atom. The molecule has 3 nitrogen and oxygen atoms in total. The van der Waals surface area contributed by atoms with Gasteiger partial charge in [-0.1, -0.05) is 0 Å². The Morgan fingerprint density at radius 2 is 2.12 bits per heavy atom. The topological polar surface area (TPSA) is 33.2 Å². The van der Waals surface area contributed by atoms with E-state index in [-0.39, 0.29) is 5.91 Å². The van der Waals surface area contributed by atoms with Crippen molar-refractivity contribution in [3.8, 4) is 0 Å². The van der Waals surface area contributed by atoms with Gasteiger partial charge >= 0.3 is 0 Å². The number of carbonyl (C=O) groups is 1. The largest absolute Gasteiger partial charge is 0.334 e. The minimum atomic E-state index is 0.104. The quantitative estimate of drug-likeness (QED) is 0.855. The lowest BCUT2D eigenvalue weighted by molar-refractivity contribution is 0.0729. The molecule has 0 atom stereocenters. The molecule has 2 fully saturated rings. The van der Waals surface area contributed by atoms with E-state index in [4.69, 9.17) is 0 Å². The standard InChI is InChI=1S/C13H15BrN2O/c14-10-3-6-12(15-7-10)13(17)16(11-4-5-11)8-9-1-2-9/h3,6-7,9,11H,1-2,4-5,8H2. The summed E-state index contributed by atoms with van der Waals surface area (Å²) < 4.78 is 0.911. The summed E-state index contributed by atoms with van der Waals surface area (Å²) in [5, 5.41) is 0. The Bertz CT molecular complexity index is 424. The molecule has 1 amide bonds. The Balaban J connectivity index is 1.75. The van der Waals surface area contributed by atoms with Crippen molar-refractivity contribution < 1.29 is 4.79 Å². The van der Waals surface area contributed by atoms with Crippen molar-refractivity contribution in [1.29, 1.82) is 0 Å². The van der Waals surface area contributed by atoms with E-state index in [1.807, 2.05) is 11.0 Å². The van der Waals surface area contributed by atoms with E-state index in [0.29, 0.717) is 11.7 Å². The molecular weight excluding hydrogens is 280 g/mol. The number of aromatic nitrogens is 1. The monoisotopic (exact) mass is 294 g/mol. The van der Waals surface area contributed by atoms with Crippen molar-refractivity contribution >= 4 is 21.8 Å². The predicted molar refractivity (Wildman–Crippen MR) is 68.7 cm³/mol. The normalized spacial score (nSPS) is 19.1. The lowest BCUT2D eigenvalue weighted by Gasteiger charge is -2.21. The molecule has 3 rings (SSSR count). The summed E-state index contributed by atoms with van der Waals surface area (Å²) in [5.74, 6) is 0.849. The van der Waals surface area contributed by atoms with Gasteiger partial charge in [0.15, 0.2) is 0 Å². The second-order valence-corrected chi connectivity index (χ2v) is 5.91. The Hall–Kier alpha value is -0.900. The minimum absolute atomic E-state index is 0.104. The Kier molecular flexibility index (Phi) is 2.90. The molecule has 0 bridgehead atoms. The fourth-order valence-corrected chi connectivity index (χ4v) is 2.25. The van der Waals surface area contributed by atoms with Crippen molar-refractivity contribution in [2.24, 2.45) is 5.92 Å². The second kappa shape index (κ2) is 4.41. The van der Waals surface area contributed by atoms with Gasteiger partial charge in [-0.25, -0.2) is 4.98 Å². The van der Waals surface area contributed by atoms with Gasteiger partial charge in [-0.2, -0.15) is 0 Å². The van der Waals surface area contributed by atoms with Crippen LogP contribution >= 0.6 is 15.9 Å². The molecule has 0 unspecified atom stereocenters. The van der Waals surface area contributed by atoms with E-state index >= 15 is 0 Å². The molecule has 4 heteroatoms. The summed E-state index contributed by atoms with van der Waals surface area (Å²) >= 11 is 3.34. The highest BCUT2D eigenvalue weighted by molar-refractivity contribution is 9.10. The molecule has 0 spiro atoms. The van der Waals surface area contributed by atoms with Gasteiger partial charge in [0.25, 0.3) is 5.91 Å². The summed E-state index contributed by atoms with van der Waals surface area (Å²) in [6.07, 6.45) is 6.58. The Labute approximate surface area is 109 Å². The first-order chi connectivity index (χ1) is 8.24. The van der Waals surface area contributed by atoms with Crippen LogP contribution in [0.1, 0.15) is 36.2 Å².